The predicted octanol–water partition coefficient (Wildman–Crippen LogP) is 11.2. The van der Waals surface area contributed by atoms with Crippen molar-refractivity contribution in [1.82, 2.24) is 0 Å². The summed E-state index contributed by atoms with van der Waals surface area (Å²) in [5.41, 5.74) is 0. The Labute approximate surface area is 330 Å². The maximum atomic E-state index is 12.6. The van der Waals surface area contributed by atoms with E-state index in [0.717, 1.165) is 57.8 Å². The number of rotatable bonds is 36. The second-order valence-electron chi connectivity index (χ2n) is 14.8. The van der Waals surface area contributed by atoms with Crippen LogP contribution in [-0.4, -0.2) is 80.6 Å². The number of unbranched alkanes of at least 4 members (excludes halogenated alkanes) is 11. The lowest BCUT2D eigenvalue weighted by Gasteiger charge is -2.31. The fraction of sp³-hybridized carbons (Fsp3) is 0.674. The second-order valence-corrected chi connectivity index (χ2v) is 14.8. The van der Waals surface area contributed by atoms with Gasteiger partial charge < -0.3 is 23.8 Å². The minimum absolute atomic E-state index is 0.0212. The average molecular weight is 757 g/mol. The molecule has 2 atom stereocenters. The van der Waals surface area contributed by atoms with E-state index in [9.17, 15) is 19.5 Å². The molecule has 0 aromatic rings. The summed E-state index contributed by atoms with van der Waals surface area (Å²) in [5.74, 6) is -1.63. The number of ether oxygens (including phenoxy) is 3. The molecule has 0 bridgehead atoms. The van der Waals surface area contributed by atoms with Crippen molar-refractivity contribution in [2.24, 2.45) is 0 Å². The zero-order chi connectivity index (χ0) is 40.0. The highest BCUT2D eigenvalue weighted by Crippen LogP contribution is 2.14. The molecule has 0 rings (SSSR count). The van der Waals surface area contributed by atoms with Gasteiger partial charge in [-0.25, -0.2) is 4.79 Å². The van der Waals surface area contributed by atoms with E-state index in [-0.39, 0.29) is 36.7 Å². The molecule has 0 aromatic carbocycles. The Kier molecular flexibility index (Phi) is 34.5. The van der Waals surface area contributed by atoms with Crippen molar-refractivity contribution >= 4 is 17.9 Å². The molecule has 0 aromatic heterocycles. The number of nitrogens with zero attached hydrogens (tertiary/aromatic N) is 1. The van der Waals surface area contributed by atoms with Crippen LogP contribution in [0.5, 0.6) is 0 Å². The van der Waals surface area contributed by atoms with Crippen LogP contribution in [0.4, 0.5) is 0 Å². The van der Waals surface area contributed by atoms with Crippen LogP contribution in [0, 0.1) is 0 Å². The van der Waals surface area contributed by atoms with Gasteiger partial charge in [-0.05, 0) is 57.8 Å². The normalized spacial score (nSPS) is 13.7. The number of likely N-dealkylation sites (N-methyl/N-ethyl adjacent to an activating group) is 1. The number of aliphatic carboxylic acids is 1. The van der Waals surface area contributed by atoms with Crippen molar-refractivity contribution in [3.05, 3.63) is 72.9 Å². The van der Waals surface area contributed by atoms with Crippen molar-refractivity contribution in [3.63, 3.8) is 0 Å². The van der Waals surface area contributed by atoms with Crippen LogP contribution in [-0.2, 0) is 28.6 Å². The van der Waals surface area contributed by atoms with Crippen LogP contribution in [0.1, 0.15) is 149 Å². The number of esters is 2. The molecule has 0 aliphatic carbocycles. The quantitative estimate of drug-likeness (QED) is 0.0294. The molecule has 0 aliphatic rings. The van der Waals surface area contributed by atoms with Gasteiger partial charge in [0.15, 0.2) is 12.1 Å². The fourth-order valence-corrected chi connectivity index (χ4v) is 5.70. The van der Waals surface area contributed by atoms with Crippen molar-refractivity contribution in [3.8, 4) is 0 Å². The van der Waals surface area contributed by atoms with Gasteiger partial charge in [-0.3, -0.25) is 9.59 Å². The molecule has 0 fully saturated rings. The third kappa shape index (κ3) is 34.5. The minimum atomic E-state index is -0.891. The topological polar surface area (TPSA) is 99.1 Å². The number of allylic oxidation sites excluding steroid dienone is 11. The molecule has 54 heavy (non-hydrogen) atoms. The van der Waals surface area contributed by atoms with Crippen molar-refractivity contribution in [1.29, 1.82) is 0 Å². The summed E-state index contributed by atoms with van der Waals surface area (Å²) >= 11 is 0. The molecule has 8 nitrogen and oxygen atoms in total. The molecule has 0 radical (unpaired) electrons. The summed E-state index contributed by atoms with van der Waals surface area (Å²) in [4.78, 5) is 36.7. The molecular weight excluding hydrogens is 679 g/mol. The Morgan fingerprint density at radius 1 is 0.574 bits per heavy atom. The van der Waals surface area contributed by atoms with E-state index < -0.39 is 24.1 Å². The first-order chi connectivity index (χ1) is 26.1. The number of carbonyl (C=O) groups excluding carboxylic acids is 2. The van der Waals surface area contributed by atoms with E-state index in [0.29, 0.717) is 12.8 Å². The van der Waals surface area contributed by atoms with E-state index in [4.69, 9.17) is 14.2 Å². The van der Waals surface area contributed by atoms with E-state index in [1.165, 1.54) is 57.8 Å². The predicted molar refractivity (Wildman–Crippen MR) is 224 cm³/mol. The Morgan fingerprint density at radius 3 is 1.54 bits per heavy atom. The number of carboxylic acids is 1. The Morgan fingerprint density at radius 2 is 1.04 bits per heavy atom. The van der Waals surface area contributed by atoms with Gasteiger partial charge in [0.05, 0.1) is 40.8 Å². The van der Waals surface area contributed by atoms with Crippen LogP contribution in [0.25, 0.3) is 0 Å². The number of hydrogen-bond acceptors (Lipinski definition) is 6. The monoisotopic (exact) mass is 757 g/mol. The van der Waals surface area contributed by atoms with Crippen LogP contribution in [0.3, 0.4) is 0 Å². The number of quaternary nitrogens is 1. The van der Waals surface area contributed by atoms with Crippen LogP contribution < -0.4 is 0 Å². The third-order valence-corrected chi connectivity index (χ3v) is 8.88. The highest BCUT2D eigenvalue weighted by Gasteiger charge is 2.31. The fourth-order valence-electron chi connectivity index (χ4n) is 5.70. The standard InChI is InChI=1S/C46H77NO7/c1-6-8-10-12-14-16-17-18-19-20-21-22-23-24-25-26-27-29-30-32-34-36-44(48)53-41-42(40-52-39-38-43(46(50)51)47(3,4)5)54-45(49)37-35-33-31-28-15-13-11-9-7-2/h8-11,14-16,18-19,28,33,35,42-43H,6-7,12-13,17,20-27,29-32,34,36-41H2,1-5H3/p+1/b10-8+,11-9+,16-14+,19-18+,28-15+,35-33+. The molecule has 0 heterocycles. The van der Waals surface area contributed by atoms with E-state index >= 15 is 0 Å². The summed E-state index contributed by atoms with van der Waals surface area (Å²) in [7, 11) is 5.48. The Bertz CT molecular complexity index is 1110. The molecule has 1 N–H and O–H groups in total. The van der Waals surface area contributed by atoms with Gasteiger partial charge in [0, 0.05) is 12.8 Å². The smallest absolute Gasteiger partial charge is 0.362 e. The number of hydrogen-bond donors (Lipinski definition) is 1. The molecular formula is C46H78NO7+. The van der Waals surface area contributed by atoms with Crippen molar-refractivity contribution in [2.45, 2.75) is 161 Å². The molecule has 8 heteroatoms. The molecule has 0 saturated carbocycles. The molecule has 0 amide bonds. The van der Waals surface area contributed by atoms with Gasteiger partial charge in [0.1, 0.15) is 6.61 Å². The molecule has 0 saturated heterocycles. The van der Waals surface area contributed by atoms with Gasteiger partial charge in [0.25, 0.3) is 0 Å². The molecule has 308 valence electrons. The molecule has 2 unspecified atom stereocenters. The SMILES string of the molecule is CC/C=C/C/C=C/C/C=C/CCCCCCCCCCCCCC(=O)OCC(COCCC(C(=O)O)[N+](C)(C)C)OC(=O)C/C=C/C/C=C/C/C=C/CC. The number of carboxylic acid groups (broad SMARTS) is 1. The van der Waals surface area contributed by atoms with Gasteiger partial charge >= 0.3 is 17.9 Å². The lowest BCUT2D eigenvalue weighted by molar-refractivity contribution is -0.887. The highest BCUT2D eigenvalue weighted by atomic mass is 16.6. The highest BCUT2D eigenvalue weighted by molar-refractivity contribution is 5.72. The summed E-state index contributed by atoms with van der Waals surface area (Å²) in [6.07, 6.45) is 45.7. The maximum Gasteiger partial charge on any atom is 0.362 e. The van der Waals surface area contributed by atoms with Gasteiger partial charge in [-0.1, -0.05) is 145 Å². The van der Waals surface area contributed by atoms with E-state index in [2.05, 4.69) is 74.6 Å². The van der Waals surface area contributed by atoms with Crippen LogP contribution in [0.15, 0.2) is 72.9 Å². The maximum absolute atomic E-state index is 12.6. The first-order valence-electron chi connectivity index (χ1n) is 21.0. The van der Waals surface area contributed by atoms with Crippen LogP contribution in [0.2, 0.25) is 0 Å². The summed E-state index contributed by atoms with van der Waals surface area (Å²) in [6, 6.07) is -0.630. The largest absolute Gasteiger partial charge is 0.477 e. The van der Waals surface area contributed by atoms with Crippen molar-refractivity contribution in [2.75, 3.05) is 41.0 Å². The van der Waals surface area contributed by atoms with Gasteiger partial charge in [-0.15, -0.1) is 0 Å². The summed E-state index contributed by atoms with van der Waals surface area (Å²) in [6.45, 7) is 4.37. The molecule has 0 aliphatic heterocycles. The lowest BCUT2D eigenvalue weighted by Crippen LogP contribution is -2.50. The number of carbonyl (C=O) groups is 3. The summed E-state index contributed by atoms with van der Waals surface area (Å²) < 4.78 is 17.1. The van der Waals surface area contributed by atoms with E-state index in [1.54, 1.807) is 6.08 Å². The first kappa shape index (κ1) is 50.8. The Hall–Kier alpha value is -3.23. The van der Waals surface area contributed by atoms with Crippen LogP contribution >= 0.6 is 0 Å². The van der Waals surface area contributed by atoms with E-state index in [1.807, 2.05) is 27.2 Å². The minimum Gasteiger partial charge on any atom is -0.477 e. The molecule has 0 spiro atoms. The van der Waals surface area contributed by atoms with Gasteiger partial charge in [0.2, 0.25) is 0 Å². The van der Waals surface area contributed by atoms with Crippen molar-refractivity contribution < 1.29 is 38.2 Å². The zero-order valence-electron chi connectivity index (χ0n) is 34.9. The summed E-state index contributed by atoms with van der Waals surface area (Å²) in [5, 5.41) is 9.58. The lowest BCUT2D eigenvalue weighted by atomic mass is 10.0. The Balaban J connectivity index is 4.28. The van der Waals surface area contributed by atoms with Gasteiger partial charge in [-0.2, -0.15) is 0 Å². The first-order valence-corrected chi connectivity index (χ1v) is 21.0. The zero-order valence-corrected chi connectivity index (χ0v) is 34.9. The average Bonchev–Trinajstić information content (AvgIpc) is 3.12. The third-order valence-electron chi connectivity index (χ3n) is 8.88. The second kappa shape index (κ2) is 36.7.